The van der Waals surface area contributed by atoms with E-state index in [-0.39, 0.29) is 23.1 Å². The maximum absolute atomic E-state index is 13.4. The molecule has 40 heavy (non-hydrogen) atoms. The molecule has 0 unspecified atom stereocenters. The second-order valence-electron chi connectivity index (χ2n) is 9.70. The van der Waals surface area contributed by atoms with Crippen molar-refractivity contribution in [2.75, 3.05) is 32.0 Å². The minimum absolute atomic E-state index is 0.0514. The van der Waals surface area contributed by atoms with Crippen LogP contribution >= 0.6 is 0 Å². The second kappa shape index (κ2) is 10.4. The first kappa shape index (κ1) is 25.5. The topological polar surface area (TPSA) is 115 Å². The molecule has 1 fully saturated rings. The first-order chi connectivity index (χ1) is 19.4. The number of H-pyrrole nitrogens is 1. The number of carbonyl (C=O) groups is 2. The van der Waals surface area contributed by atoms with Crippen molar-refractivity contribution in [2.24, 2.45) is 0 Å². The van der Waals surface area contributed by atoms with Crippen molar-refractivity contribution in [2.45, 2.75) is 6.92 Å². The van der Waals surface area contributed by atoms with Gasteiger partial charge in [0.1, 0.15) is 25.2 Å². The fourth-order valence-electron chi connectivity index (χ4n) is 4.85. The summed E-state index contributed by atoms with van der Waals surface area (Å²) in [6.45, 7) is 4.11. The van der Waals surface area contributed by atoms with E-state index in [1.54, 1.807) is 35.2 Å². The van der Waals surface area contributed by atoms with Gasteiger partial charge in [-0.1, -0.05) is 17.6 Å². The molecule has 5 aromatic rings. The number of amides is 1. The van der Waals surface area contributed by atoms with Gasteiger partial charge in [0.25, 0.3) is 5.91 Å². The lowest BCUT2D eigenvalue weighted by Gasteiger charge is -2.26. The van der Waals surface area contributed by atoms with Gasteiger partial charge in [-0.2, -0.15) is 5.10 Å². The number of hydrogen-bond donors (Lipinski definition) is 2. The summed E-state index contributed by atoms with van der Waals surface area (Å²) in [5.41, 5.74) is 10.6. The number of rotatable bonds is 6. The number of aryl methyl sites for hydroxylation is 1. The average molecular weight is 531 g/mol. The summed E-state index contributed by atoms with van der Waals surface area (Å²) in [4.78, 5) is 31.3. The van der Waals surface area contributed by atoms with Gasteiger partial charge in [0, 0.05) is 29.6 Å². The van der Waals surface area contributed by atoms with Crippen molar-refractivity contribution < 1.29 is 19.1 Å². The largest absolute Gasteiger partial charge is 0.457 e. The van der Waals surface area contributed by atoms with E-state index in [0.29, 0.717) is 54.5 Å². The Balaban J connectivity index is 1.23. The molecule has 9 nitrogen and oxygen atoms in total. The van der Waals surface area contributed by atoms with Crippen molar-refractivity contribution in [3.63, 3.8) is 0 Å². The van der Waals surface area contributed by atoms with Gasteiger partial charge in [-0.05, 0) is 67.1 Å². The number of nitrogens with two attached hydrogens (primary N) is 1. The number of ether oxygens (including phenoxy) is 2. The van der Waals surface area contributed by atoms with Crippen molar-refractivity contribution in [1.29, 1.82) is 0 Å². The van der Waals surface area contributed by atoms with E-state index in [1.807, 2.05) is 43.3 Å². The summed E-state index contributed by atoms with van der Waals surface area (Å²) in [6.07, 6.45) is 1.47. The van der Waals surface area contributed by atoms with Crippen LogP contribution in [0.15, 0.2) is 72.9 Å². The van der Waals surface area contributed by atoms with Crippen molar-refractivity contribution in [3.05, 3.63) is 95.3 Å². The van der Waals surface area contributed by atoms with Gasteiger partial charge in [-0.15, -0.1) is 0 Å². The number of nitrogens with zero attached hydrogens (tertiary/aromatic N) is 3. The molecule has 1 aliphatic rings. The standard InChI is InChI=1S/C30H26BN5O4/c1-18-13-23(40-22-4-2-3-21(31)16-22)6-8-27(18)36-29(32)24(17-33-36)28(37)26-15-20-14-19(5-7-25(20)34-26)30(38)35-9-11-39-12-10-35/h2-8,13-17,34H,9-12,32H2,1H3. The first-order valence-electron chi connectivity index (χ1n) is 12.9. The molecule has 3 aromatic carbocycles. The number of anilines is 1. The fourth-order valence-corrected chi connectivity index (χ4v) is 4.85. The Morgan fingerprint density at radius 1 is 1.02 bits per heavy atom. The van der Waals surface area contributed by atoms with Gasteiger partial charge < -0.3 is 25.1 Å². The zero-order valence-corrected chi connectivity index (χ0v) is 21.9. The molecule has 2 radical (unpaired) electrons. The Hall–Kier alpha value is -4.83. The number of carbonyl (C=O) groups excluding carboxylic acids is 2. The summed E-state index contributed by atoms with van der Waals surface area (Å²) in [5.74, 6) is 1.15. The zero-order chi connectivity index (χ0) is 27.8. The predicted molar refractivity (Wildman–Crippen MR) is 153 cm³/mol. The van der Waals surface area contributed by atoms with E-state index >= 15 is 0 Å². The third-order valence-corrected chi connectivity index (χ3v) is 6.95. The van der Waals surface area contributed by atoms with E-state index in [1.165, 1.54) is 10.9 Å². The van der Waals surface area contributed by atoms with Crippen molar-refractivity contribution in [1.82, 2.24) is 19.7 Å². The lowest BCUT2D eigenvalue weighted by atomic mass is 9.96. The summed E-state index contributed by atoms with van der Waals surface area (Å²) < 4.78 is 12.8. The molecule has 6 rings (SSSR count). The van der Waals surface area contributed by atoms with Gasteiger partial charge in [0.2, 0.25) is 5.78 Å². The van der Waals surface area contributed by atoms with Crippen LogP contribution in [0.25, 0.3) is 16.6 Å². The number of ketones is 1. The van der Waals surface area contributed by atoms with E-state index < -0.39 is 0 Å². The monoisotopic (exact) mass is 531 g/mol. The Morgan fingerprint density at radius 2 is 1.82 bits per heavy atom. The Morgan fingerprint density at radius 3 is 2.60 bits per heavy atom. The number of fused-ring (bicyclic) bond motifs is 1. The highest BCUT2D eigenvalue weighted by Crippen LogP contribution is 2.28. The zero-order valence-electron chi connectivity index (χ0n) is 21.9. The summed E-state index contributed by atoms with van der Waals surface area (Å²) in [5, 5.41) is 5.16. The van der Waals surface area contributed by atoms with E-state index in [4.69, 9.17) is 23.1 Å². The molecule has 0 bridgehead atoms. The minimum Gasteiger partial charge on any atom is -0.457 e. The summed E-state index contributed by atoms with van der Waals surface area (Å²) in [7, 11) is 5.84. The number of aromatic nitrogens is 3. The normalized spacial score (nSPS) is 13.5. The second-order valence-corrected chi connectivity index (χ2v) is 9.70. The lowest BCUT2D eigenvalue weighted by Crippen LogP contribution is -2.40. The molecular weight excluding hydrogens is 505 g/mol. The quantitative estimate of drug-likeness (QED) is 0.256. The van der Waals surface area contributed by atoms with Gasteiger partial charge in [-0.3, -0.25) is 9.59 Å². The van der Waals surface area contributed by atoms with Crippen LogP contribution < -0.4 is 15.9 Å². The number of morpholine rings is 1. The third-order valence-electron chi connectivity index (χ3n) is 6.95. The summed E-state index contributed by atoms with van der Waals surface area (Å²) in [6, 6.07) is 19.8. The molecule has 3 heterocycles. The molecule has 10 heteroatoms. The smallest absolute Gasteiger partial charge is 0.254 e. The molecule has 1 amide bonds. The molecular formula is C30H26BN5O4. The van der Waals surface area contributed by atoms with Crippen LogP contribution in [0, 0.1) is 6.92 Å². The predicted octanol–water partition coefficient (Wildman–Crippen LogP) is 3.53. The highest BCUT2D eigenvalue weighted by molar-refractivity contribution is 6.32. The Kier molecular flexibility index (Phi) is 6.61. The van der Waals surface area contributed by atoms with Gasteiger partial charge in [0.15, 0.2) is 0 Å². The van der Waals surface area contributed by atoms with Crippen LogP contribution in [0.1, 0.15) is 32.0 Å². The number of hydrogen-bond acceptors (Lipinski definition) is 6. The minimum atomic E-state index is -0.291. The van der Waals surface area contributed by atoms with E-state index in [2.05, 4.69) is 10.1 Å². The van der Waals surface area contributed by atoms with Crippen LogP contribution in [0.5, 0.6) is 11.5 Å². The van der Waals surface area contributed by atoms with Crippen LogP contribution in [0.3, 0.4) is 0 Å². The van der Waals surface area contributed by atoms with Gasteiger partial charge in [0.05, 0.1) is 36.4 Å². The molecule has 0 spiro atoms. The van der Waals surface area contributed by atoms with Crippen LogP contribution in [0.4, 0.5) is 5.82 Å². The molecule has 198 valence electrons. The number of aromatic amines is 1. The molecule has 0 aliphatic carbocycles. The molecule has 0 atom stereocenters. The van der Waals surface area contributed by atoms with Crippen LogP contribution in [-0.2, 0) is 4.74 Å². The highest BCUT2D eigenvalue weighted by Gasteiger charge is 2.22. The van der Waals surface area contributed by atoms with Crippen molar-refractivity contribution >= 4 is 41.7 Å². The molecule has 1 aliphatic heterocycles. The van der Waals surface area contributed by atoms with Crippen LogP contribution in [-0.4, -0.2) is 65.5 Å². The van der Waals surface area contributed by atoms with Gasteiger partial charge >= 0.3 is 0 Å². The molecule has 2 aromatic heterocycles. The summed E-state index contributed by atoms with van der Waals surface area (Å²) >= 11 is 0. The number of nitrogens with one attached hydrogen (secondary N) is 1. The molecule has 0 saturated carbocycles. The Bertz CT molecular complexity index is 1750. The maximum atomic E-state index is 13.4. The van der Waals surface area contributed by atoms with E-state index in [9.17, 15) is 9.59 Å². The fraction of sp³-hybridized carbons (Fsp3) is 0.167. The van der Waals surface area contributed by atoms with Crippen molar-refractivity contribution in [3.8, 4) is 17.2 Å². The number of nitrogen functional groups attached to an aromatic ring is 1. The van der Waals surface area contributed by atoms with E-state index in [0.717, 1.165) is 22.2 Å². The maximum Gasteiger partial charge on any atom is 0.254 e. The van der Waals surface area contributed by atoms with Gasteiger partial charge in [-0.25, -0.2) is 4.68 Å². The first-order valence-corrected chi connectivity index (χ1v) is 12.9. The lowest BCUT2D eigenvalue weighted by molar-refractivity contribution is 0.0303. The van der Waals surface area contributed by atoms with Crippen LogP contribution in [0.2, 0.25) is 0 Å². The average Bonchev–Trinajstić information content (AvgIpc) is 3.56. The molecule has 1 saturated heterocycles. The number of benzene rings is 3. The highest BCUT2D eigenvalue weighted by atomic mass is 16.5. The Labute approximate surface area is 231 Å². The molecule has 3 N–H and O–H groups in total. The third kappa shape index (κ3) is 4.85. The SMILES string of the molecule is [B]c1cccc(Oc2ccc(-n3ncc(C(=O)c4cc5cc(C(=O)N6CCOCC6)ccc5[nH]4)c3N)c(C)c2)c1.